The van der Waals surface area contributed by atoms with Gasteiger partial charge in [0.1, 0.15) is 12.4 Å². The lowest BCUT2D eigenvalue weighted by Crippen LogP contribution is -2.42. The van der Waals surface area contributed by atoms with Crippen LogP contribution >= 0.6 is 22.7 Å². The Morgan fingerprint density at radius 3 is 2.39 bits per heavy atom. The minimum Gasteiger partial charge on any atom is -0.332 e. The SMILES string of the molecule is CCCCN(CC(=O)N(Cc1ccc(F)cc1)Cc1ccc(C)s1)C(=O)c1cccs1. The molecule has 0 aliphatic rings. The van der Waals surface area contributed by atoms with Gasteiger partial charge in [-0.2, -0.15) is 0 Å². The molecule has 0 bridgehead atoms. The molecule has 0 spiro atoms. The van der Waals surface area contributed by atoms with Gasteiger partial charge in [0.05, 0.1) is 11.4 Å². The van der Waals surface area contributed by atoms with Crippen LogP contribution in [-0.4, -0.2) is 34.7 Å². The van der Waals surface area contributed by atoms with Crippen LogP contribution in [0.3, 0.4) is 0 Å². The molecule has 4 nitrogen and oxygen atoms in total. The summed E-state index contributed by atoms with van der Waals surface area (Å²) in [6.07, 6.45) is 1.78. The Balaban J connectivity index is 1.78. The molecule has 0 atom stereocenters. The van der Waals surface area contributed by atoms with Crippen molar-refractivity contribution >= 4 is 34.5 Å². The summed E-state index contributed by atoms with van der Waals surface area (Å²) in [7, 11) is 0. The number of halogens is 1. The maximum absolute atomic E-state index is 13.3. The second-order valence-corrected chi connectivity index (χ2v) is 9.77. The van der Waals surface area contributed by atoms with Crippen molar-refractivity contribution in [2.45, 2.75) is 39.8 Å². The Kier molecular flexibility index (Phi) is 8.37. The van der Waals surface area contributed by atoms with Crippen LogP contribution < -0.4 is 0 Å². The molecule has 0 aliphatic heterocycles. The molecule has 2 aromatic heterocycles. The number of hydrogen-bond acceptors (Lipinski definition) is 4. The van der Waals surface area contributed by atoms with E-state index >= 15 is 0 Å². The van der Waals surface area contributed by atoms with E-state index in [9.17, 15) is 14.0 Å². The van der Waals surface area contributed by atoms with Gasteiger partial charge in [0.2, 0.25) is 5.91 Å². The Bertz CT molecular complexity index is 983. The summed E-state index contributed by atoms with van der Waals surface area (Å²) in [5.41, 5.74) is 0.854. The van der Waals surface area contributed by atoms with Gasteiger partial charge < -0.3 is 9.80 Å². The van der Waals surface area contributed by atoms with Crippen molar-refractivity contribution in [2.75, 3.05) is 13.1 Å². The molecule has 0 fully saturated rings. The molecule has 31 heavy (non-hydrogen) atoms. The predicted molar refractivity (Wildman–Crippen MR) is 125 cm³/mol. The van der Waals surface area contributed by atoms with E-state index in [2.05, 4.69) is 6.92 Å². The molecule has 3 rings (SSSR count). The fourth-order valence-corrected chi connectivity index (χ4v) is 4.82. The zero-order valence-electron chi connectivity index (χ0n) is 17.8. The lowest BCUT2D eigenvalue weighted by atomic mass is 10.2. The standard InChI is InChI=1S/C24H27FN2O2S2/c1-3-4-13-26(24(29)22-6-5-14-30-22)17-23(28)27(16-21-12-7-18(2)31-21)15-19-8-10-20(25)11-9-19/h5-12,14H,3-4,13,15-17H2,1-2H3. The zero-order chi connectivity index (χ0) is 22.2. The third-order valence-corrected chi connectivity index (χ3v) is 6.75. The van der Waals surface area contributed by atoms with E-state index < -0.39 is 0 Å². The average Bonchev–Trinajstić information content (AvgIpc) is 3.43. The molecule has 0 saturated heterocycles. The average molecular weight is 459 g/mol. The molecule has 0 aliphatic carbocycles. The molecule has 0 saturated carbocycles. The molecule has 1 aromatic carbocycles. The van der Waals surface area contributed by atoms with Crippen LogP contribution in [0.15, 0.2) is 53.9 Å². The number of thiophene rings is 2. The highest BCUT2D eigenvalue weighted by Crippen LogP contribution is 2.20. The monoisotopic (exact) mass is 458 g/mol. The first kappa shape index (κ1) is 23.2. The van der Waals surface area contributed by atoms with Gasteiger partial charge in [-0.25, -0.2) is 4.39 Å². The minimum atomic E-state index is -0.303. The number of unbranched alkanes of at least 4 members (excludes halogenated alkanes) is 1. The van der Waals surface area contributed by atoms with E-state index in [1.807, 2.05) is 30.5 Å². The van der Waals surface area contributed by atoms with E-state index in [-0.39, 0.29) is 24.2 Å². The molecule has 0 N–H and O–H groups in total. The van der Waals surface area contributed by atoms with E-state index in [0.717, 1.165) is 23.3 Å². The topological polar surface area (TPSA) is 40.6 Å². The van der Waals surface area contributed by atoms with E-state index in [1.54, 1.807) is 39.3 Å². The van der Waals surface area contributed by atoms with Crippen molar-refractivity contribution in [2.24, 2.45) is 0 Å². The normalized spacial score (nSPS) is 10.8. The number of hydrogen-bond donors (Lipinski definition) is 0. The van der Waals surface area contributed by atoms with Crippen LogP contribution in [0, 0.1) is 12.7 Å². The third kappa shape index (κ3) is 6.74. The summed E-state index contributed by atoms with van der Waals surface area (Å²) in [6, 6.07) is 13.9. The predicted octanol–water partition coefficient (Wildman–Crippen LogP) is 5.73. The second-order valence-electron chi connectivity index (χ2n) is 7.45. The number of carbonyl (C=O) groups excluding carboxylic acids is 2. The Hall–Kier alpha value is -2.51. The first-order valence-electron chi connectivity index (χ1n) is 10.4. The van der Waals surface area contributed by atoms with Crippen molar-refractivity contribution < 1.29 is 14.0 Å². The van der Waals surface area contributed by atoms with Gasteiger partial charge in [0.25, 0.3) is 5.91 Å². The molecule has 2 heterocycles. The fourth-order valence-electron chi connectivity index (χ4n) is 3.22. The first-order chi connectivity index (χ1) is 15.0. The lowest BCUT2D eigenvalue weighted by Gasteiger charge is -2.27. The zero-order valence-corrected chi connectivity index (χ0v) is 19.5. The van der Waals surface area contributed by atoms with Crippen molar-refractivity contribution in [1.29, 1.82) is 0 Å². The Labute approximate surface area is 190 Å². The highest BCUT2D eigenvalue weighted by atomic mass is 32.1. The third-order valence-electron chi connectivity index (χ3n) is 4.91. The van der Waals surface area contributed by atoms with Crippen LogP contribution in [0.1, 0.15) is 44.8 Å². The van der Waals surface area contributed by atoms with Gasteiger partial charge in [0.15, 0.2) is 0 Å². The molecule has 0 radical (unpaired) electrons. The van der Waals surface area contributed by atoms with Crippen molar-refractivity contribution in [3.8, 4) is 0 Å². The number of rotatable bonds is 10. The van der Waals surface area contributed by atoms with E-state index in [1.165, 1.54) is 28.3 Å². The molecule has 7 heteroatoms. The number of carbonyl (C=O) groups is 2. The van der Waals surface area contributed by atoms with Gasteiger partial charge in [-0.1, -0.05) is 31.5 Å². The summed E-state index contributed by atoms with van der Waals surface area (Å²) in [6.45, 7) is 5.50. The Morgan fingerprint density at radius 2 is 1.77 bits per heavy atom. The molecule has 0 unspecified atom stereocenters. The van der Waals surface area contributed by atoms with Gasteiger partial charge in [-0.3, -0.25) is 9.59 Å². The van der Waals surface area contributed by atoms with Gasteiger partial charge >= 0.3 is 0 Å². The van der Waals surface area contributed by atoms with Crippen LogP contribution in [0.4, 0.5) is 4.39 Å². The van der Waals surface area contributed by atoms with Gasteiger partial charge in [0, 0.05) is 22.8 Å². The van der Waals surface area contributed by atoms with Crippen LogP contribution in [0.25, 0.3) is 0 Å². The maximum atomic E-state index is 13.3. The summed E-state index contributed by atoms with van der Waals surface area (Å²) in [5, 5.41) is 1.87. The highest BCUT2D eigenvalue weighted by molar-refractivity contribution is 7.12. The van der Waals surface area contributed by atoms with Crippen LogP contribution in [0.5, 0.6) is 0 Å². The van der Waals surface area contributed by atoms with Crippen molar-refractivity contribution in [3.63, 3.8) is 0 Å². The molecule has 3 aromatic rings. The van der Waals surface area contributed by atoms with Crippen molar-refractivity contribution in [3.05, 3.63) is 79.9 Å². The summed E-state index contributed by atoms with van der Waals surface area (Å²) in [5.74, 6) is -0.523. The number of benzene rings is 1. The second kappa shape index (κ2) is 11.2. The van der Waals surface area contributed by atoms with Gasteiger partial charge in [-0.05, 0) is 54.6 Å². The van der Waals surface area contributed by atoms with E-state index in [4.69, 9.17) is 0 Å². The molecule has 164 valence electrons. The first-order valence-corrected chi connectivity index (χ1v) is 12.1. The largest absolute Gasteiger partial charge is 0.332 e. The Morgan fingerprint density at radius 1 is 1.00 bits per heavy atom. The smallest absolute Gasteiger partial charge is 0.264 e. The minimum absolute atomic E-state index is 0.0300. The quantitative estimate of drug-likeness (QED) is 0.389. The summed E-state index contributed by atoms with van der Waals surface area (Å²) >= 11 is 3.04. The van der Waals surface area contributed by atoms with Gasteiger partial charge in [-0.15, -0.1) is 22.7 Å². The van der Waals surface area contributed by atoms with Crippen LogP contribution in [0.2, 0.25) is 0 Å². The van der Waals surface area contributed by atoms with Crippen molar-refractivity contribution in [1.82, 2.24) is 9.80 Å². The molecular formula is C24H27FN2O2S2. The number of nitrogens with zero attached hydrogens (tertiary/aromatic N) is 2. The molecule has 2 amide bonds. The summed E-state index contributed by atoms with van der Waals surface area (Å²) in [4.78, 5) is 32.6. The van der Waals surface area contributed by atoms with Crippen LogP contribution in [-0.2, 0) is 17.9 Å². The molecular weight excluding hydrogens is 431 g/mol. The van der Waals surface area contributed by atoms with E-state index in [0.29, 0.717) is 24.5 Å². The maximum Gasteiger partial charge on any atom is 0.264 e. The highest BCUT2D eigenvalue weighted by Gasteiger charge is 2.23. The fraction of sp³-hybridized carbons (Fsp3) is 0.333. The summed E-state index contributed by atoms with van der Waals surface area (Å²) < 4.78 is 13.3. The lowest BCUT2D eigenvalue weighted by molar-refractivity contribution is -0.133. The number of amides is 2. The number of aryl methyl sites for hydroxylation is 1.